The molecule has 4 heteroatoms. The Bertz CT molecular complexity index is 453. The maximum Gasteiger partial charge on any atom is 0.248 e. The van der Waals surface area contributed by atoms with Crippen LogP contribution in [-0.2, 0) is 0 Å². The van der Waals surface area contributed by atoms with Crippen molar-refractivity contribution >= 4 is 11.6 Å². The summed E-state index contributed by atoms with van der Waals surface area (Å²) in [7, 11) is 1.63. The van der Waals surface area contributed by atoms with Crippen LogP contribution in [0.1, 0.15) is 43.0 Å². The van der Waals surface area contributed by atoms with Crippen LogP contribution in [0.4, 0.5) is 5.69 Å². The monoisotopic (exact) mass is 262 g/mol. The second kappa shape index (κ2) is 5.95. The van der Waals surface area contributed by atoms with E-state index in [2.05, 4.69) is 12.2 Å². The summed E-state index contributed by atoms with van der Waals surface area (Å²) in [5, 5.41) is 3.47. The van der Waals surface area contributed by atoms with Crippen LogP contribution in [-0.4, -0.2) is 19.1 Å². The van der Waals surface area contributed by atoms with Gasteiger partial charge in [0.05, 0.1) is 12.8 Å². The van der Waals surface area contributed by atoms with Gasteiger partial charge in [0.15, 0.2) is 0 Å². The molecule has 1 saturated carbocycles. The first-order valence-corrected chi connectivity index (χ1v) is 6.86. The zero-order chi connectivity index (χ0) is 13.8. The number of ether oxygens (including phenoxy) is 1. The Morgan fingerprint density at radius 3 is 2.68 bits per heavy atom. The van der Waals surface area contributed by atoms with Crippen LogP contribution < -0.4 is 15.8 Å². The fourth-order valence-corrected chi connectivity index (χ4v) is 2.79. The van der Waals surface area contributed by atoms with E-state index in [4.69, 9.17) is 10.5 Å². The van der Waals surface area contributed by atoms with Gasteiger partial charge in [-0.05, 0) is 43.9 Å². The first-order valence-electron chi connectivity index (χ1n) is 6.86. The van der Waals surface area contributed by atoms with Crippen molar-refractivity contribution in [2.24, 2.45) is 11.7 Å². The highest BCUT2D eigenvalue weighted by atomic mass is 16.5. The van der Waals surface area contributed by atoms with Crippen LogP contribution in [0.15, 0.2) is 18.2 Å². The molecule has 0 heterocycles. The number of benzene rings is 1. The van der Waals surface area contributed by atoms with Gasteiger partial charge in [0.25, 0.3) is 0 Å². The molecular formula is C15H22N2O2. The average Bonchev–Trinajstić information content (AvgIpc) is 2.92. The zero-order valence-corrected chi connectivity index (χ0v) is 11.6. The number of methoxy groups -OCH3 is 1. The number of carbonyl (C=O) groups excluding carboxylic acids is 1. The highest BCUT2D eigenvalue weighted by Gasteiger charge is 2.22. The van der Waals surface area contributed by atoms with Crippen LogP contribution in [0, 0.1) is 5.92 Å². The Morgan fingerprint density at radius 2 is 2.11 bits per heavy atom. The van der Waals surface area contributed by atoms with Gasteiger partial charge in [-0.15, -0.1) is 0 Å². The molecule has 1 aliphatic carbocycles. The van der Waals surface area contributed by atoms with E-state index in [1.807, 2.05) is 0 Å². The molecule has 104 valence electrons. The Morgan fingerprint density at radius 1 is 1.42 bits per heavy atom. The van der Waals surface area contributed by atoms with Gasteiger partial charge in [0.2, 0.25) is 5.91 Å². The fourth-order valence-electron chi connectivity index (χ4n) is 2.79. The van der Waals surface area contributed by atoms with Gasteiger partial charge in [-0.3, -0.25) is 4.79 Å². The summed E-state index contributed by atoms with van der Waals surface area (Å²) in [4.78, 5) is 11.2. The minimum absolute atomic E-state index is 0.375. The van der Waals surface area contributed by atoms with Gasteiger partial charge >= 0.3 is 0 Å². The lowest BCUT2D eigenvalue weighted by Crippen LogP contribution is -2.24. The molecule has 1 aliphatic rings. The third kappa shape index (κ3) is 3.19. The summed E-state index contributed by atoms with van der Waals surface area (Å²) in [6, 6.07) is 5.61. The average molecular weight is 262 g/mol. The van der Waals surface area contributed by atoms with Crippen molar-refractivity contribution in [1.82, 2.24) is 0 Å². The molecule has 0 bridgehead atoms. The third-order valence-electron chi connectivity index (χ3n) is 3.97. The first-order chi connectivity index (χ1) is 9.11. The Balaban J connectivity index is 2.16. The van der Waals surface area contributed by atoms with Gasteiger partial charge in [-0.2, -0.15) is 0 Å². The van der Waals surface area contributed by atoms with Crippen molar-refractivity contribution in [3.8, 4) is 5.75 Å². The van der Waals surface area contributed by atoms with Crippen LogP contribution in [0.5, 0.6) is 5.75 Å². The van der Waals surface area contributed by atoms with Gasteiger partial charge in [0.1, 0.15) is 5.75 Å². The van der Waals surface area contributed by atoms with E-state index in [1.165, 1.54) is 25.7 Å². The minimum atomic E-state index is -0.417. The smallest absolute Gasteiger partial charge is 0.248 e. The fraction of sp³-hybridized carbons (Fsp3) is 0.533. The minimum Gasteiger partial charge on any atom is -0.495 e. The molecule has 1 unspecified atom stereocenters. The van der Waals surface area contributed by atoms with E-state index in [0.29, 0.717) is 17.5 Å². The van der Waals surface area contributed by atoms with Crippen LogP contribution in [0.2, 0.25) is 0 Å². The number of carbonyl (C=O) groups is 1. The molecule has 0 radical (unpaired) electrons. The lowest BCUT2D eigenvalue weighted by atomic mass is 9.99. The van der Waals surface area contributed by atoms with Crippen molar-refractivity contribution in [1.29, 1.82) is 0 Å². The van der Waals surface area contributed by atoms with Gasteiger partial charge in [0, 0.05) is 11.6 Å². The van der Waals surface area contributed by atoms with E-state index in [9.17, 15) is 4.79 Å². The molecule has 0 aliphatic heterocycles. The number of primary amides is 1. The quantitative estimate of drug-likeness (QED) is 0.857. The number of anilines is 1. The molecule has 1 amide bonds. The Kier molecular flexibility index (Phi) is 4.30. The van der Waals surface area contributed by atoms with Gasteiger partial charge < -0.3 is 15.8 Å². The van der Waals surface area contributed by atoms with Gasteiger partial charge in [-0.25, -0.2) is 0 Å². The van der Waals surface area contributed by atoms with E-state index in [1.54, 1.807) is 25.3 Å². The molecule has 3 N–H and O–H groups in total. The molecule has 2 rings (SSSR count). The summed E-state index contributed by atoms with van der Waals surface area (Å²) in [5.41, 5.74) is 6.67. The molecule has 1 fully saturated rings. The highest BCUT2D eigenvalue weighted by Crippen LogP contribution is 2.32. The summed E-state index contributed by atoms with van der Waals surface area (Å²) in [5.74, 6) is 1.02. The lowest BCUT2D eigenvalue weighted by Gasteiger charge is -2.23. The third-order valence-corrected chi connectivity index (χ3v) is 3.97. The van der Waals surface area contributed by atoms with Crippen molar-refractivity contribution in [3.63, 3.8) is 0 Å². The van der Waals surface area contributed by atoms with Crippen molar-refractivity contribution in [3.05, 3.63) is 23.8 Å². The molecule has 19 heavy (non-hydrogen) atoms. The second-order valence-corrected chi connectivity index (χ2v) is 5.26. The van der Waals surface area contributed by atoms with E-state index in [-0.39, 0.29) is 0 Å². The number of nitrogens with one attached hydrogen (secondary N) is 1. The predicted molar refractivity (Wildman–Crippen MR) is 76.6 cm³/mol. The number of nitrogens with two attached hydrogens (primary N) is 1. The summed E-state index contributed by atoms with van der Waals surface area (Å²) in [6.45, 7) is 2.19. The number of hydrogen-bond acceptors (Lipinski definition) is 3. The summed E-state index contributed by atoms with van der Waals surface area (Å²) >= 11 is 0. The Labute approximate surface area is 114 Å². The molecule has 0 saturated heterocycles. The SMILES string of the molecule is COc1ccc(C(N)=O)cc1NC(C)C1CCCC1. The number of hydrogen-bond donors (Lipinski definition) is 2. The number of rotatable bonds is 5. The first kappa shape index (κ1) is 13.7. The maximum absolute atomic E-state index is 11.2. The van der Waals surface area contributed by atoms with Crippen molar-refractivity contribution < 1.29 is 9.53 Å². The number of amides is 1. The Hall–Kier alpha value is -1.71. The maximum atomic E-state index is 11.2. The van der Waals surface area contributed by atoms with E-state index in [0.717, 1.165) is 11.4 Å². The van der Waals surface area contributed by atoms with Crippen molar-refractivity contribution in [2.45, 2.75) is 38.6 Å². The lowest BCUT2D eigenvalue weighted by molar-refractivity contribution is 0.100. The molecule has 0 spiro atoms. The van der Waals surface area contributed by atoms with E-state index >= 15 is 0 Å². The summed E-state index contributed by atoms with van der Waals surface area (Å²) < 4.78 is 5.33. The molecule has 4 nitrogen and oxygen atoms in total. The van der Waals surface area contributed by atoms with Crippen LogP contribution >= 0.6 is 0 Å². The van der Waals surface area contributed by atoms with Crippen molar-refractivity contribution in [2.75, 3.05) is 12.4 Å². The molecule has 1 aromatic rings. The normalized spacial score (nSPS) is 17.2. The topological polar surface area (TPSA) is 64.3 Å². The van der Waals surface area contributed by atoms with Gasteiger partial charge in [-0.1, -0.05) is 12.8 Å². The standard InChI is InChI=1S/C15H22N2O2/c1-10(11-5-3-4-6-11)17-13-9-12(15(16)18)7-8-14(13)19-2/h7-11,17H,3-6H2,1-2H3,(H2,16,18). The summed E-state index contributed by atoms with van der Waals surface area (Å²) in [6.07, 6.45) is 5.17. The highest BCUT2D eigenvalue weighted by molar-refractivity contribution is 5.94. The second-order valence-electron chi connectivity index (χ2n) is 5.26. The predicted octanol–water partition coefficient (Wildman–Crippen LogP) is 2.78. The molecule has 0 aromatic heterocycles. The molecule has 1 aromatic carbocycles. The zero-order valence-electron chi connectivity index (χ0n) is 11.6. The van der Waals surface area contributed by atoms with Crippen LogP contribution in [0.3, 0.4) is 0 Å². The van der Waals surface area contributed by atoms with E-state index < -0.39 is 5.91 Å². The van der Waals surface area contributed by atoms with Crippen LogP contribution in [0.25, 0.3) is 0 Å². The molecular weight excluding hydrogens is 240 g/mol. The largest absolute Gasteiger partial charge is 0.495 e. The molecule has 1 atom stereocenters.